The van der Waals surface area contributed by atoms with Crippen LogP contribution in [0, 0.1) is 0 Å². The molecule has 1 aliphatic rings. The minimum absolute atomic E-state index is 0.0873. The smallest absolute Gasteiger partial charge is 0.410 e. The number of nitrogens with zero attached hydrogens (tertiary/aromatic N) is 2. The Bertz CT molecular complexity index is 537. The number of ether oxygens (including phenoxy) is 1. The van der Waals surface area contributed by atoms with Crippen molar-refractivity contribution >= 4 is 6.09 Å². The van der Waals surface area contributed by atoms with Gasteiger partial charge in [-0.15, -0.1) is 0 Å². The number of rotatable bonds is 4. The molecule has 1 atom stereocenters. The van der Waals surface area contributed by atoms with Crippen molar-refractivity contribution in [1.29, 1.82) is 0 Å². The van der Waals surface area contributed by atoms with Crippen LogP contribution in [0.2, 0.25) is 0 Å². The number of benzene rings is 1. The molecule has 1 aliphatic heterocycles. The highest BCUT2D eigenvalue weighted by Crippen LogP contribution is 2.26. The Balaban J connectivity index is 2.14. The highest BCUT2D eigenvalue weighted by Gasteiger charge is 2.32. The summed E-state index contributed by atoms with van der Waals surface area (Å²) in [5.74, 6) is 0. The monoisotopic (exact) mass is 334 g/mol. The van der Waals surface area contributed by atoms with E-state index in [0.717, 1.165) is 13.0 Å². The van der Waals surface area contributed by atoms with Crippen LogP contribution in [0.4, 0.5) is 4.79 Å². The fourth-order valence-corrected chi connectivity index (χ4v) is 3.00. The average Bonchev–Trinajstić information content (AvgIpc) is 2.54. The highest BCUT2D eigenvalue weighted by atomic mass is 16.6. The number of amides is 1. The standard InChI is InChI=1S/C19H30N2O3/c1-5-15-6-8-16(9-7-15)17-14-21(11-10-20(17)12-13-22)18(23)24-19(2,3)4/h6-9,17,22H,5,10-14H2,1-4H3/t17-/m1/s1. The minimum Gasteiger partial charge on any atom is -0.444 e. The van der Waals surface area contributed by atoms with Gasteiger partial charge in [-0.05, 0) is 38.3 Å². The molecule has 0 aliphatic carbocycles. The Morgan fingerprint density at radius 1 is 1.25 bits per heavy atom. The van der Waals surface area contributed by atoms with E-state index in [9.17, 15) is 9.90 Å². The molecular formula is C19H30N2O3. The molecule has 0 radical (unpaired) electrons. The second-order valence-electron chi connectivity index (χ2n) is 7.30. The first-order valence-corrected chi connectivity index (χ1v) is 8.75. The van der Waals surface area contributed by atoms with Crippen LogP contribution in [-0.2, 0) is 11.2 Å². The van der Waals surface area contributed by atoms with Crippen LogP contribution in [0.1, 0.15) is 44.9 Å². The van der Waals surface area contributed by atoms with Gasteiger partial charge < -0.3 is 14.7 Å². The number of piperazine rings is 1. The molecule has 0 saturated carbocycles. The van der Waals surface area contributed by atoms with Crippen LogP contribution in [0.25, 0.3) is 0 Å². The number of carbonyl (C=O) groups excluding carboxylic acids is 1. The van der Waals surface area contributed by atoms with Crippen molar-refractivity contribution in [3.8, 4) is 0 Å². The SMILES string of the molecule is CCc1ccc([C@H]2CN(C(=O)OC(C)(C)C)CCN2CCO)cc1. The molecule has 5 nitrogen and oxygen atoms in total. The molecule has 5 heteroatoms. The first-order valence-electron chi connectivity index (χ1n) is 8.75. The third kappa shape index (κ3) is 4.95. The van der Waals surface area contributed by atoms with E-state index in [4.69, 9.17) is 4.74 Å². The highest BCUT2D eigenvalue weighted by molar-refractivity contribution is 5.68. The topological polar surface area (TPSA) is 53.0 Å². The quantitative estimate of drug-likeness (QED) is 0.920. The first kappa shape index (κ1) is 18.7. The molecule has 24 heavy (non-hydrogen) atoms. The zero-order chi connectivity index (χ0) is 17.7. The summed E-state index contributed by atoms with van der Waals surface area (Å²) in [6.07, 6.45) is 0.747. The zero-order valence-electron chi connectivity index (χ0n) is 15.3. The lowest BCUT2D eigenvalue weighted by atomic mass is 10.0. The lowest BCUT2D eigenvalue weighted by Crippen LogP contribution is -2.52. The molecule has 1 aromatic rings. The van der Waals surface area contributed by atoms with Gasteiger partial charge in [0.15, 0.2) is 0 Å². The van der Waals surface area contributed by atoms with Gasteiger partial charge in [0.1, 0.15) is 5.60 Å². The molecule has 1 saturated heterocycles. The molecule has 1 N–H and O–H groups in total. The van der Waals surface area contributed by atoms with E-state index < -0.39 is 5.60 Å². The maximum atomic E-state index is 12.4. The van der Waals surface area contributed by atoms with Crippen LogP contribution < -0.4 is 0 Å². The van der Waals surface area contributed by atoms with Gasteiger partial charge in [0.25, 0.3) is 0 Å². The van der Waals surface area contributed by atoms with Crippen molar-refractivity contribution in [2.45, 2.75) is 45.8 Å². The van der Waals surface area contributed by atoms with Crippen LogP contribution in [0.5, 0.6) is 0 Å². The van der Waals surface area contributed by atoms with Gasteiger partial charge in [-0.2, -0.15) is 0 Å². The van der Waals surface area contributed by atoms with Crippen molar-refractivity contribution in [1.82, 2.24) is 9.80 Å². The summed E-state index contributed by atoms with van der Waals surface area (Å²) in [4.78, 5) is 16.4. The Kier molecular flexibility index (Phi) is 6.24. The maximum Gasteiger partial charge on any atom is 0.410 e. The van der Waals surface area contributed by atoms with E-state index in [1.165, 1.54) is 11.1 Å². The Hall–Kier alpha value is -1.59. The molecule has 1 aromatic carbocycles. The van der Waals surface area contributed by atoms with Gasteiger partial charge in [-0.1, -0.05) is 31.2 Å². The zero-order valence-corrected chi connectivity index (χ0v) is 15.3. The number of carbonyl (C=O) groups is 1. The van der Waals surface area contributed by atoms with Gasteiger partial charge in [0, 0.05) is 26.2 Å². The summed E-state index contributed by atoms with van der Waals surface area (Å²) in [7, 11) is 0. The van der Waals surface area contributed by atoms with Crippen molar-refractivity contribution < 1.29 is 14.6 Å². The average molecular weight is 334 g/mol. The predicted octanol–water partition coefficient (Wildman–Crippen LogP) is 2.84. The summed E-state index contributed by atoms with van der Waals surface area (Å²) in [5, 5.41) is 9.35. The summed E-state index contributed by atoms with van der Waals surface area (Å²) < 4.78 is 5.51. The van der Waals surface area contributed by atoms with E-state index in [2.05, 4.69) is 36.1 Å². The fraction of sp³-hybridized carbons (Fsp3) is 0.632. The third-order valence-electron chi connectivity index (χ3n) is 4.30. The molecule has 134 valence electrons. The lowest BCUT2D eigenvalue weighted by molar-refractivity contribution is 0.00121. The van der Waals surface area contributed by atoms with E-state index in [-0.39, 0.29) is 18.7 Å². The van der Waals surface area contributed by atoms with Crippen molar-refractivity contribution in [2.24, 2.45) is 0 Å². The lowest BCUT2D eigenvalue weighted by Gasteiger charge is -2.41. The van der Waals surface area contributed by atoms with Crippen LogP contribution in [0.15, 0.2) is 24.3 Å². The van der Waals surface area contributed by atoms with Gasteiger partial charge in [0.05, 0.1) is 12.6 Å². The number of aliphatic hydroxyl groups is 1. The molecule has 0 bridgehead atoms. The third-order valence-corrected chi connectivity index (χ3v) is 4.30. The van der Waals surface area contributed by atoms with Crippen LogP contribution in [-0.4, -0.2) is 59.4 Å². The normalized spacial score (nSPS) is 19.4. The van der Waals surface area contributed by atoms with Gasteiger partial charge >= 0.3 is 6.09 Å². The number of hydrogen-bond acceptors (Lipinski definition) is 4. The van der Waals surface area contributed by atoms with Crippen molar-refractivity contribution in [2.75, 3.05) is 32.8 Å². The molecule has 1 fully saturated rings. The van der Waals surface area contributed by atoms with Crippen LogP contribution in [0.3, 0.4) is 0 Å². The molecule has 2 rings (SSSR count). The van der Waals surface area contributed by atoms with E-state index in [0.29, 0.717) is 19.6 Å². The summed E-state index contributed by atoms with van der Waals surface area (Å²) in [6, 6.07) is 8.63. The fourth-order valence-electron chi connectivity index (χ4n) is 3.00. The Morgan fingerprint density at radius 2 is 1.92 bits per heavy atom. The molecule has 1 amide bonds. The predicted molar refractivity (Wildman–Crippen MR) is 95.0 cm³/mol. The second kappa shape index (κ2) is 7.99. The van der Waals surface area contributed by atoms with Gasteiger partial charge in [-0.3, -0.25) is 4.90 Å². The number of β-amino-alcohol motifs (C(OH)–C–C–N with tert-alkyl or cyclic N) is 1. The van der Waals surface area contributed by atoms with E-state index in [1.54, 1.807) is 4.90 Å². The van der Waals surface area contributed by atoms with Crippen molar-refractivity contribution in [3.05, 3.63) is 35.4 Å². The largest absolute Gasteiger partial charge is 0.444 e. The first-order chi connectivity index (χ1) is 11.3. The molecule has 0 unspecified atom stereocenters. The number of hydrogen-bond donors (Lipinski definition) is 1. The number of aliphatic hydroxyl groups excluding tert-OH is 1. The molecule has 1 heterocycles. The Labute approximate surface area is 145 Å². The second-order valence-corrected chi connectivity index (χ2v) is 7.30. The van der Waals surface area contributed by atoms with E-state index in [1.807, 2.05) is 20.8 Å². The minimum atomic E-state index is -0.489. The van der Waals surface area contributed by atoms with Gasteiger partial charge in [-0.25, -0.2) is 4.79 Å². The number of aryl methyl sites for hydroxylation is 1. The van der Waals surface area contributed by atoms with E-state index >= 15 is 0 Å². The van der Waals surface area contributed by atoms with Crippen molar-refractivity contribution in [3.63, 3.8) is 0 Å². The molecule has 0 aromatic heterocycles. The summed E-state index contributed by atoms with van der Waals surface area (Å²) >= 11 is 0. The summed E-state index contributed by atoms with van der Waals surface area (Å²) in [5.41, 5.74) is 1.98. The maximum absolute atomic E-state index is 12.4. The Morgan fingerprint density at radius 3 is 2.46 bits per heavy atom. The molecule has 0 spiro atoms. The van der Waals surface area contributed by atoms with Crippen LogP contribution >= 0.6 is 0 Å². The molecular weight excluding hydrogens is 304 g/mol. The summed E-state index contributed by atoms with van der Waals surface area (Å²) in [6.45, 7) is 10.5. The van der Waals surface area contributed by atoms with Gasteiger partial charge in [0.2, 0.25) is 0 Å².